The van der Waals surface area contributed by atoms with Gasteiger partial charge in [0.15, 0.2) is 0 Å². The number of nitrogens with zero attached hydrogens (tertiary/aromatic N) is 4. The molecule has 4 aromatic rings. The maximum absolute atomic E-state index is 12.3. The highest BCUT2D eigenvalue weighted by molar-refractivity contribution is 6.29. The Bertz CT molecular complexity index is 1250. The minimum atomic E-state index is -4.77. The Morgan fingerprint density at radius 2 is 1.77 bits per heavy atom. The molecule has 0 saturated heterocycles. The molecule has 0 aliphatic heterocycles. The third-order valence-electron chi connectivity index (χ3n) is 4.14. The highest BCUT2D eigenvalue weighted by atomic mass is 35.5. The van der Waals surface area contributed by atoms with Crippen molar-refractivity contribution in [3.05, 3.63) is 82.0 Å². The van der Waals surface area contributed by atoms with Crippen LogP contribution in [0.4, 0.5) is 13.2 Å². The number of ether oxygens (including phenoxy) is 1. The second-order valence-electron chi connectivity index (χ2n) is 6.37. The monoisotopic (exact) mass is 448 g/mol. The van der Waals surface area contributed by atoms with Crippen molar-refractivity contribution in [1.29, 1.82) is 0 Å². The smallest absolute Gasteiger partial charge is 0.406 e. The van der Waals surface area contributed by atoms with Crippen LogP contribution in [0.5, 0.6) is 5.75 Å². The van der Waals surface area contributed by atoms with Gasteiger partial charge < -0.3 is 13.8 Å². The third kappa shape index (κ3) is 5.10. The van der Waals surface area contributed by atoms with E-state index in [2.05, 4.69) is 19.9 Å². The fourth-order valence-corrected chi connectivity index (χ4v) is 2.85. The van der Waals surface area contributed by atoms with E-state index in [4.69, 9.17) is 16.1 Å². The summed E-state index contributed by atoms with van der Waals surface area (Å²) in [6.07, 6.45) is -1.64. The van der Waals surface area contributed by atoms with Crippen LogP contribution in [0.3, 0.4) is 0 Å². The van der Waals surface area contributed by atoms with Gasteiger partial charge in [-0.05, 0) is 42.0 Å². The van der Waals surface area contributed by atoms with E-state index in [0.717, 1.165) is 17.7 Å². The topological polar surface area (TPSA) is 83.0 Å². The zero-order chi connectivity index (χ0) is 22.0. The normalized spacial score (nSPS) is 11.5. The molecule has 158 valence electrons. The van der Waals surface area contributed by atoms with Crippen molar-refractivity contribution in [2.45, 2.75) is 12.9 Å². The number of rotatable bonds is 5. The van der Waals surface area contributed by atoms with Gasteiger partial charge in [0, 0.05) is 24.0 Å². The van der Waals surface area contributed by atoms with E-state index in [1.54, 1.807) is 24.5 Å². The molecular formula is C20H12ClF3N4O3. The number of hydrogen-bond donors (Lipinski definition) is 0. The van der Waals surface area contributed by atoms with E-state index in [1.807, 2.05) is 0 Å². The number of alkyl halides is 3. The molecule has 11 heteroatoms. The molecule has 0 fully saturated rings. The number of pyridine rings is 2. The number of hydrogen-bond acceptors (Lipinski definition) is 6. The fraction of sp³-hybridized carbons (Fsp3) is 0.100. The molecule has 4 rings (SSSR count). The predicted octanol–water partition coefficient (Wildman–Crippen LogP) is 4.56. The van der Waals surface area contributed by atoms with Crippen LogP contribution in [0.25, 0.3) is 22.8 Å². The summed E-state index contributed by atoms with van der Waals surface area (Å²) < 4.78 is 47.4. The Morgan fingerprint density at radius 1 is 1.03 bits per heavy atom. The highest BCUT2D eigenvalue weighted by Crippen LogP contribution is 2.26. The average molecular weight is 449 g/mol. The standard InChI is InChI=1S/C20H12ClF3N4O3/c21-16-7-1-12(9-25-16)10-28-11-14(4-8-17(28)29)19-26-18(27-31-19)13-2-5-15(6-3-13)30-20(22,23)24/h1-9,11H,10H2. The molecule has 0 N–H and O–H groups in total. The van der Waals surface area contributed by atoms with Gasteiger partial charge in [-0.25, -0.2) is 4.98 Å². The maximum atomic E-state index is 12.3. The summed E-state index contributed by atoms with van der Waals surface area (Å²) in [4.78, 5) is 20.4. The van der Waals surface area contributed by atoms with Crippen LogP contribution in [0.2, 0.25) is 5.15 Å². The maximum Gasteiger partial charge on any atom is 0.573 e. The molecule has 0 atom stereocenters. The molecule has 1 aromatic carbocycles. The third-order valence-corrected chi connectivity index (χ3v) is 4.37. The van der Waals surface area contributed by atoms with Crippen molar-refractivity contribution in [2.75, 3.05) is 0 Å². The Hall–Kier alpha value is -3.66. The molecule has 0 saturated carbocycles. The Labute approximate surface area is 177 Å². The van der Waals surface area contributed by atoms with Gasteiger partial charge >= 0.3 is 6.36 Å². The minimum absolute atomic E-state index is 0.147. The second kappa shape index (κ2) is 8.23. The lowest BCUT2D eigenvalue weighted by molar-refractivity contribution is -0.274. The summed E-state index contributed by atoms with van der Waals surface area (Å²) in [6, 6.07) is 11.3. The van der Waals surface area contributed by atoms with E-state index in [0.29, 0.717) is 16.3 Å². The zero-order valence-corrected chi connectivity index (χ0v) is 16.3. The fourth-order valence-electron chi connectivity index (χ4n) is 2.74. The molecule has 0 unspecified atom stereocenters. The Kier molecular flexibility index (Phi) is 5.47. The van der Waals surface area contributed by atoms with Crippen molar-refractivity contribution in [2.24, 2.45) is 0 Å². The van der Waals surface area contributed by atoms with Gasteiger partial charge in [-0.15, -0.1) is 13.2 Å². The SMILES string of the molecule is O=c1ccc(-c2nc(-c3ccc(OC(F)(F)F)cc3)no2)cn1Cc1ccc(Cl)nc1. The summed E-state index contributed by atoms with van der Waals surface area (Å²) in [5.41, 5.74) is 1.47. The number of benzene rings is 1. The van der Waals surface area contributed by atoms with Crippen molar-refractivity contribution < 1.29 is 22.4 Å². The van der Waals surface area contributed by atoms with Gasteiger partial charge in [-0.2, -0.15) is 4.98 Å². The Balaban J connectivity index is 1.56. The molecule has 0 aliphatic rings. The zero-order valence-electron chi connectivity index (χ0n) is 15.5. The van der Waals surface area contributed by atoms with Crippen molar-refractivity contribution in [3.8, 4) is 28.6 Å². The first kappa shape index (κ1) is 20.6. The van der Waals surface area contributed by atoms with Gasteiger partial charge in [0.05, 0.1) is 12.1 Å². The summed E-state index contributed by atoms with van der Waals surface area (Å²) >= 11 is 5.78. The molecule has 0 radical (unpaired) electrons. The molecule has 0 bridgehead atoms. The van der Waals surface area contributed by atoms with Crippen LogP contribution in [0.1, 0.15) is 5.56 Å². The molecule has 0 spiro atoms. The van der Waals surface area contributed by atoms with Crippen LogP contribution < -0.4 is 10.3 Å². The lowest BCUT2D eigenvalue weighted by Gasteiger charge is -2.08. The van der Waals surface area contributed by atoms with E-state index < -0.39 is 6.36 Å². The van der Waals surface area contributed by atoms with Gasteiger partial charge in [-0.3, -0.25) is 4.79 Å². The highest BCUT2D eigenvalue weighted by Gasteiger charge is 2.31. The number of aromatic nitrogens is 4. The van der Waals surface area contributed by atoms with Gasteiger partial charge in [0.25, 0.3) is 11.4 Å². The number of halogens is 4. The van der Waals surface area contributed by atoms with Crippen LogP contribution >= 0.6 is 11.6 Å². The summed E-state index contributed by atoms with van der Waals surface area (Å²) in [6.45, 7) is 0.262. The quantitative estimate of drug-likeness (QED) is 0.416. The van der Waals surface area contributed by atoms with Crippen LogP contribution in [0, 0.1) is 0 Å². The van der Waals surface area contributed by atoms with Crippen molar-refractivity contribution in [1.82, 2.24) is 19.7 Å². The van der Waals surface area contributed by atoms with E-state index in [1.165, 1.54) is 28.8 Å². The lowest BCUT2D eigenvalue weighted by atomic mass is 10.2. The first-order valence-corrected chi connectivity index (χ1v) is 9.16. The summed E-state index contributed by atoms with van der Waals surface area (Å²) in [5, 5.41) is 4.20. The first-order chi connectivity index (χ1) is 14.8. The molecule has 7 nitrogen and oxygen atoms in total. The summed E-state index contributed by atoms with van der Waals surface area (Å²) in [7, 11) is 0. The van der Waals surface area contributed by atoms with Gasteiger partial charge in [-0.1, -0.05) is 22.8 Å². The summed E-state index contributed by atoms with van der Waals surface area (Å²) in [5.74, 6) is -0.0365. The average Bonchev–Trinajstić information content (AvgIpc) is 3.21. The largest absolute Gasteiger partial charge is 0.573 e. The van der Waals surface area contributed by atoms with E-state index in [9.17, 15) is 18.0 Å². The van der Waals surface area contributed by atoms with Crippen molar-refractivity contribution in [3.63, 3.8) is 0 Å². The van der Waals surface area contributed by atoms with Crippen LogP contribution in [-0.4, -0.2) is 26.1 Å². The molecule has 3 heterocycles. The first-order valence-electron chi connectivity index (χ1n) is 8.78. The van der Waals surface area contributed by atoms with E-state index >= 15 is 0 Å². The van der Waals surface area contributed by atoms with Gasteiger partial charge in [0.1, 0.15) is 10.9 Å². The van der Waals surface area contributed by atoms with Crippen LogP contribution in [0.15, 0.2) is 70.2 Å². The minimum Gasteiger partial charge on any atom is -0.406 e. The van der Waals surface area contributed by atoms with Crippen LogP contribution in [-0.2, 0) is 6.54 Å². The van der Waals surface area contributed by atoms with E-state index in [-0.39, 0.29) is 29.6 Å². The van der Waals surface area contributed by atoms with Gasteiger partial charge in [0.2, 0.25) is 5.82 Å². The Morgan fingerprint density at radius 3 is 2.45 bits per heavy atom. The van der Waals surface area contributed by atoms with Crippen molar-refractivity contribution >= 4 is 11.6 Å². The molecule has 0 amide bonds. The predicted molar refractivity (Wildman–Crippen MR) is 104 cm³/mol. The lowest BCUT2D eigenvalue weighted by Crippen LogP contribution is -2.19. The molecule has 31 heavy (non-hydrogen) atoms. The molecule has 3 aromatic heterocycles. The molecular weight excluding hydrogens is 437 g/mol. The molecule has 0 aliphatic carbocycles. The second-order valence-corrected chi connectivity index (χ2v) is 6.76.